The smallest absolute Gasteiger partial charge is 0.261 e. The molecule has 0 radical (unpaired) electrons. The second-order valence-corrected chi connectivity index (χ2v) is 7.97. The fourth-order valence-electron chi connectivity index (χ4n) is 2.28. The molecule has 0 bridgehead atoms. The molecule has 0 aliphatic rings. The fraction of sp³-hybridized carbons (Fsp3) is 0.0556. The third-order valence-corrected chi connectivity index (χ3v) is 5.38. The van der Waals surface area contributed by atoms with Gasteiger partial charge in [0.25, 0.3) is 15.9 Å². The Kier molecular flexibility index (Phi) is 5.43. The number of nitrogens with one attached hydrogen (secondary N) is 2. The van der Waals surface area contributed by atoms with Gasteiger partial charge in [0.1, 0.15) is 5.76 Å². The third-order valence-electron chi connectivity index (χ3n) is 3.53. The van der Waals surface area contributed by atoms with Crippen molar-refractivity contribution in [3.05, 3.63) is 82.7 Å². The van der Waals surface area contributed by atoms with Crippen LogP contribution < -0.4 is 10.0 Å². The maximum Gasteiger partial charge on any atom is 0.261 e. The number of anilines is 1. The van der Waals surface area contributed by atoms with E-state index in [1.165, 1.54) is 24.5 Å². The molecule has 0 saturated carbocycles. The molecule has 0 unspecified atom stereocenters. The van der Waals surface area contributed by atoms with Crippen LogP contribution in [0.25, 0.3) is 0 Å². The van der Waals surface area contributed by atoms with Gasteiger partial charge in [0.2, 0.25) is 0 Å². The van der Waals surface area contributed by atoms with Gasteiger partial charge in [-0.05, 0) is 42.5 Å². The van der Waals surface area contributed by atoms with Crippen molar-refractivity contribution >= 4 is 37.5 Å². The standard InChI is InChI=1S/C18H15BrN2O4S/c19-13-5-3-7-15(11-13)26(23,24)21-17-9-2-1-8-16(17)18(22)20-12-14-6-4-10-25-14/h1-11,21H,12H2,(H,20,22). The highest BCUT2D eigenvalue weighted by Gasteiger charge is 2.18. The Bertz CT molecular complexity index is 1020. The summed E-state index contributed by atoms with van der Waals surface area (Å²) >= 11 is 3.25. The van der Waals surface area contributed by atoms with Crippen molar-refractivity contribution in [2.75, 3.05) is 4.72 Å². The molecule has 2 aromatic carbocycles. The average molecular weight is 435 g/mol. The number of carbonyl (C=O) groups excluding carboxylic acids is 1. The van der Waals surface area contributed by atoms with Gasteiger partial charge in [0.15, 0.2) is 0 Å². The molecule has 0 fully saturated rings. The highest BCUT2D eigenvalue weighted by Crippen LogP contribution is 2.22. The average Bonchev–Trinajstić information content (AvgIpc) is 3.13. The van der Waals surface area contributed by atoms with Gasteiger partial charge in [0.05, 0.1) is 29.0 Å². The summed E-state index contributed by atoms with van der Waals surface area (Å²) in [6.07, 6.45) is 1.52. The van der Waals surface area contributed by atoms with Crippen LogP contribution >= 0.6 is 15.9 Å². The molecule has 0 aliphatic heterocycles. The van der Waals surface area contributed by atoms with Gasteiger partial charge in [-0.3, -0.25) is 9.52 Å². The van der Waals surface area contributed by atoms with Crippen molar-refractivity contribution in [3.8, 4) is 0 Å². The second-order valence-electron chi connectivity index (χ2n) is 5.37. The monoisotopic (exact) mass is 434 g/mol. The zero-order chi connectivity index (χ0) is 18.6. The van der Waals surface area contributed by atoms with Gasteiger partial charge in [0, 0.05) is 4.47 Å². The first kappa shape index (κ1) is 18.2. The first-order chi connectivity index (χ1) is 12.5. The molecule has 1 heterocycles. The fourth-order valence-corrected chi connectivity index (χ4v) is 3.96. The minimum Gasteiger partial charge on any atom is -0.467 e. The predicted molar refractivity (Wildman–Crippen MR) is 101 cm³/mol. The Morgan fingerprint density at radius 1 is 1.04 bits per heavy atom. The van der Waals surface area contributed by atoms with Crippen LogP contribution in [0.5, 0.6) is 0 Å². The molecule has 0 atom stereocenters. The lowest BCUT2D eigenvalue weighted by Crippen LogP contribution is -2.24. The summed E-state index contributed by atoms with van der Waals surface area (Å²) in [5, 5.41) is 2.70. The lowest BCUT2D eigenvalue weighted by atomic mass is 10.1. The van der Waals surface area contributed by atoms with Crippen molar-refractivity contribution in [2.24, 2.45) is 0 Å². The van der Waals surface area contributed by atoms with Crippen LogP contribution in [-0.4, -0.2) is 14.3 Å². The molecule has 6 nitrogen and oxygen atoms in total. The third kappa shape index (κ3) is 4.33. The molecule has 2 N–H and O–H groups in total. The first-order valence-corrected chi connectivity index (χ1v) is 9.91. The SMILES string of the molecule is O=C(NCc1ccco1)c1ccccc1NS(=O)(=O)c1cccc(Br)c1. The van der Waals surface area contributed by atoms with Crippen LogP contribution in [0.4, 0.5) is 5.69 Å². The minimum absolute atomic E-state index is 0.0951. The van der Waals surface area contributed by atoms with E-state index in [4.69, 9.17) is 4.42 Å². The summed E-state index contributed by atoms with van der Waals surface area (Å²) in [6, 6.07) is 16.2. The van der Waals surface area contributed by atoms with Gasteiger partial charge < -0.3 is 9.73 Å². The summed E-state index contributed by atoms with van der Waals surface area (Å²) in [4.78, 5) is 12.5. The quantitative estimate of drug-likeness (QED) is 0.617. The molecular formula is C18H15BrN2O4S. The van der Waals surface area contributed by atoms with E-state index in [9.17, 15) is 13.2 Å². The van der Waals surface area contributed by atoms with E-state index in [0.717, 1.165) is 0 Å². The number of halogens is 1. The van der Waals surface area contributed by atoms with Crippen LogP contribution in [0, 0.1) is 0 Å². The Balaban J connectivity index is 1.81. The molecule has 1 aromatic heterocycles. The normalized spacial score (nSPS) is 11.1. The van der Waals surface area contributed by atoms with Crippen molar-refractivity contribution < 1.29 is 17.6 Å². The maximum atomic E-state index is 12.6. The molecule has 0 spiro atoms. The number of benzene rings is 2. The van der Waals surface area contributed by atoms with E-state index in [1.54, 1.807) is 42.5 Å². The maximum absolute atomic E-state index is 12.6. The molecule has 0 aliphatic carbocycles. The van der Waals surface area contributed by atoms with Gasteiger partial charge in [-0.25, -0.2) is 8.42 Å². The zero-order valence-electron chi connectivity index (χ0n) is 13.5. The Morgan fingerprint density at radius 3 is 2.58 bits per heavy atom. The van der Waals surface area contributed by atoms with Gasteiger partial charge >= 0.3 is 0 Å². The summed E-state index contributed by atoms with van der Waals surface area (Å²) in [5.41, 5.74) is 0.419. The van der Waals surface area contributed by atoms with Crippen LogP contribution in [-0.2, 0) is 16.6 Å². The van der Waals surface area contributed by atoms with Gasteiger partial charge in [-0.2, -0.15) is 0 Å². The topological polar surface area (TPSA) is 88.4 Å². The summed E-state index contributed by atoms with van der Waals surface area (Å²) in [7, 11) is -3.83. The van der Waals surface area contributed by atoms with Crippen LogP contribution in [0.15, 0.2) is 80.7 Å². The number of hydrogen-bond acceptors (Lipinski definition) is 4. The van der Waals surface area contributed by atoms with Crippen LogP contribution in [0.3, 0.4) is 0 Å². The number of carbonyl (C=O) groups is 1. The van der Waals surface area contributed by atoms with E-state index in [2.05, 4.69) is 26.0 Å². The summed E-state index contributed by atoms with van der Waals surface area (Å²) in [6.45, 7) is 0.207. The molecule has 3 rings (SSSR count). The van der Waals surface area contributed by atoms with E-state index in [-0.39, 0.29) is 22.7 Å². The number of sulfonamides is 1. The Labute approximate surface area is 159 Å². The van der Waals surface area contributed by atoms with E-state index < -0.39 is 15.9 Å². The van der Waals surface area contributed by atoms with Crippen molar-refractivity contribution in [1.82, 2.24) is 5.32 Å². The second kappa shape index (κ2) is 7.76. The van der Waals surface area contributed by atoms with Crippen LogP contribution in [0.2, 0.25) is 0 Å². The van der Waals surface area contributed by atoms with Crippen molar-refractivity contribution in [1.29, 1.82) is 0 Å². The zero-order valence-corrected chi connectivity index (χ0v) is 15.9. The number of para-hydroxylation sites is 1. The number of amides is 1. The van der Waals surface area contributed by atoms with Gasteiger partial charge in [-0.1, -0.05) is 34.1 Å². The molecule has 3 aromatic rings. The predicted octanol–water partition coefficient (Wildman–Crippen LogP) is 3.77. The van der Waals surface area contributed by atoms with E-state index >= 15 is 0 Å². The van der Waals surface area contributed by atoms with Gasteiger partial charge in [-0.15, -0.1) is 0 Å². The van der Waals surface area contributed by atoms with Crippen LogP contribution in [0.1, 0.15) is 16.1 Å². The highest BCUT2D eigenvalue weighted by atomic mass is 79.9. The first-order valence-electron chi connectivity index (χ1n) is 7.64. The van der Waals surface area contributed by atoms with Crippen molar-refractivity contribution in [2.45, 2.75) is 11.4 Å². The lowest BCUT2D eigenvalue weighted by Gasteiger charge is -2.12. The summed E-state index contributed by atoms with van der Waals surface area (Å²) in [5.74, 6) is 0.194. The van der Waals surface area contributed by atoms with E-state index in [0.29, 0.717) is 10.2 Å². The van der Waals surface area contributed by atoms with E-state index in [1.807, 2.05) is 0 Å². The molecule has 26 heavy (non-hydrogen) atoms. The molecule has 0 saturated heterocycles. The number of hydrogen-bond donors (Lipinski definition) is 2. The number of furan rings is 1. The summed E-state index contributed by atoms with van der Waals surface area (Å²) < 4.78 is 33.5. The minimum atomic E-state index is -3.83. The largest absolute Gasteiger partial charge is 0.467 e. The number of rotatable bonds is 6. The Morgan fingerprint density at radius 2 is 1.85 bits per heavy atom. The molecule has 1 amide bonds. The molecule has 8 heteroatoms. The molecular weight excluding hydrogens is 420 g/mol. The Hall–Kier alpha value is -2.58. The highest BCUT2D eigenvalue weighted by molar-refractivity contribution is 9.10. The van der Waals surface area contributed by atoms with Crippen molar-refractivity contribution in [3.63, 3.8) is 0 Å². The lowest BCUT2D eigenvalue weighted by molar-refractivity contribution is 0.0949. The molecule has 134 valence electrons.